The molecular formula is C101H142N20O12S4. The molecule has 0 aromatic carbocycles. The van der Waals surface area contributed by atoms with Crippen LogP contribution in [0.4, 0.5) is 23.3 Å². The summed E-state index contributed by atoms with van der Waals surface area (Å²) in [5, 5.41) is 65.5. The maximum absolute atomic E-state index is 13.7. The van der Waals surface area contributed by atoms with Crippen LogP contribution in [0.1, 0.15) is 342 Å². The van der Waals surface area contributed by atoms with Crippen molar-refractivity contribution in [1.29, 1.82) is 0 Å². The van der Waals surface area contributed by atoms with Gasteiger partial charge in [0.15, 0.2) is 20.0 Å². The number of thiazole rings is 4. The van der Waals surface area contributed by atoms with Crippen molar-refractivity contribution in [3.8, 4) is 41.8 Å². The SMILES string of the molecule is Cc1cc(NC(C)C)ncc1-c1sc(C(=O)NCC(C)(C)O)nc1C(=O)N1CCCC[C@@H]1C.Cc1cc(NC2CCCC2)ncc1-c1sc(C(=O)NCC(C)(C)O)nc1C(=O)N1C2CCC1CC2.Cc1cc(NC2CCCC2)ncc1-c1sc(C(=O)NCC(C)(C)O)nc1C(=O)N1CCCC[C@@H]1C.Cc1cc(N[C@@H](C)C2CC2)ncc1-c1sc(C(=O)NCC(C)(C)O)nc1C(=O)N1CCC[C@@H]1C. The number of aryl methyl sites for hydroxylation is 4. The van der Waals surface area contributed by atoms with Crippen molar-refractivity contribution in [2.75, 3.05) is 67.1 Å². The van der Waals surface area contributed by atoms with Crippen LogP contribution in [0.15, 0.2) is 49.1 Å². The number of nitrogens with zero attached hydrogens (tertiary/aromatic N) is 12. The van der Waals surface area contributed by atoms with Crippen molar-refractivity contribution in [1.82, 2.24) is 80.7 Å². The first kappa shape index (κ1) is 104. The fraction of sp³-hybridized carbons (Fsp3) is 0.604. The van der Waals surface area contributed by atoms with Crippen LogP contribution in [0.3, 0.4) is 0 Å². The van der Waals surface area contributed by atoms with Crippen molar-refractivity contribution < 1.29 is 58.8 Å². The molecule has 0 unspecified atom stereocenters. The lowest BCUT2D eigenvalue weighted by Gasteiger charge is -2.33. The van der Waals surface area contributed by atoms with Crippen molar-refractivity contribution >= 4 is 116 Å². The third kappa shape index (κ3) is 27.6. The summed E-state index contributed by atoms with van der Waals surface area (Å²) in [5.74, 6) is 1.85. The maximum Gasteiger partial charge on any atom is 0.280 e. The van der Waals surface area contributed by atoms with E-state index in [1.165, 1.54) is 83.9 Å². The first-order valence-electron chi connectivity index (χ1n) is 49.1. The van der Waals surface area contributed by atoms with Gasteiger partial charge >= 0.3 is 0 Å². The predicted molar refractivity (Wildman–Crippen MR) is 542 cm³/mol. The second-order valence-electron chi connectivity index (χ2n) is 41.5. The highest BCUT2D eigenvalue weighted by molar-refractivity contribution is 7.18. The smallest absolute Gasteiger partial charge is 0.280 e. The lowest BCUT2D eigenvalue weighted by molar-refractivity contribution is 0.0622. The number of anilines is 4. The molecule has 742 valence electrons. The second kappa shape index (κ2) is 45.0. The van der Waals surface area contributed by atoms with Crippen molar-refractivity contribution in [2.45, 2.75) is 343 Å². The third-order valence-electron chi connectivity index (χ3n) is 26.4. The molecule has 4 atom stereocenters. The fourth-order valence-electron chi connectivity index (χ4n) is 18.6. The summed E-state index contributed by atoms with van der Waals surface area (Å²) in [6.07, 6.45) is 31.4. The standard InChI is InChI=1S/C26H35N5O3S.C26H37N5O3S.C25H35N5O3S.C24H35N5O3S/c1-15-12-20(29-16-6-4-5-7-16)27-13-19(15)22-21(25(33)31-17-8-9-18(31)11-10-17)30-24(35-22)23(32)28-14-26(2,3)34;1-16-13-20(29-18-10-5-6-11-18)27-14-19(16)22-21(25(33)31-12-8-7-9-17(31)2)30-24(35-22)23(32)28-15-26(3,4)34;1-14-11-19(28-16(3)17-8-9-17)26-12-18(14)21-20(24(32)30-10-6-7-15(30)2)29-23(34-21)22(31)27-13-25(4,5)33;1-14(2)27-18-11-15(3)17(12-25-18)20-19(23(31)29-10-8-7-9-16(29)4)28-22(33-20)21(30)26-13-24(5,6)32/h12-13,16-18,34H,4-11,14H2,1-3H3,(H,27,29)(H,28,32);13-14,17-18,34H,5-12,15H2,1-4H3,(H,27,29)(H,28,32);11-12,15-17,33H,6-10,13H2,1-5H3,(H,26,28)(H,27,31);11-12,14,16,32H,7-10,13H2,1-6H3,(H,25,27)(H,26,30)/t;17-;15-,16-;16-/m.000/s1. The van der Waals surface area contributed by atoms with Crippen LogP contribution in [0.2, 0.25) is 0 Å². The quantitative estimate of drug-likeness (QED) is 0.0207. The number of aliphatic hydroxyl groups is 4. The minimum Gasteiger partial charge on any atom is -0.389 e. The van der Waals surface area contributed by atoms with Gasteiger partial charge in [0.05, 0.1) is 41.9 Å². The van der Waals surface area contributed by atoms with E-state index in [4.69, 9.17) is 0 Å². The average molecular weight is 1960 g/mol. The molecule has 32 nitrogen and oxygen atoms in total. The Labute approximate surface area is 821 Å². The number of likely N-dealkylation sites (tertiary alicyclic amines) is 3. The summed E-state index contributed by atoms with van der Waals surface area (Å²) < 4.78 is 0. The first-order chi connectivity index (χ1) is 64.8. The average Bonchev–Trinajstić information content (AvgIpc) is 1.57. The molecule has 5 aliphatic heterocycles. The molecule has 0 spiro atoms. The highest BCUT2D eigenvalue weighted by Crippen LogP contribution is 2.45. The molecule has 12 N–H and O–H groups in total. The van der Waals surface area contributed by atoms with E-state index in [2.05, 4.69) is 103 Å². The van der Waals surface area contributed by atoms with E-state index in [0.717, 1.165) is 171 Å². The zero-order valence-corrected chi connectivity index (χ0v) is 86.2. The van der Waals surface area contributed by atoms with Crippen LogP contribution in [0, 0.1) is 33.6 Å². The highest BCUT2D eigenvalue weighted by Gasteiger charge is 2.45. The Hall–Kier alpha value is -10.1. The van der Waals surface area contributed by atoms with Gasteiger partial charge in [-0.3, -0.25) is 38.4 Å². The van der Waals surface area contributed by atoms with Crippen LogP contribution in [0.5, 0.6) is 0 Å². The van der Waals surface area contributed by atoms with E-state index >= 15 is 0 Å². The molecule has 13 heterocycles. The topological polar surface area (TPSA) is 430 Å². The van der Waals surface area contributed by atoms with Gasteiger partial charge in [-0.25, -0.2) is 39.9 Å². The molecule has 137 heavy (non-hydrogen) atoms. The summed E-state index contributed by atoms with van der Waals surface area (Å²) in [6, 6.07) is 10.5. The lowest BCUT2D eigenvalue weighted by Crippen LogP contribution is -2.42. The van der Waals surface area contributed by atoms with Gasteiger partial charge in [0, 0.05) is 147 Å². The van der Waals surface area contributed by atoms with Gasteiger partial charge in [0.1, 0.15) is 46.0 Å². The van der Waals surface area contributed by atoms with Crippen LogP contribution in [-0.2, 0) is 0 Å². The molecule has 0 radical (unpaired) electrons. The number of rotatable bonds is 29. The Balaban J connectivity index is 0.000000154. The number of hydrogen-bond donors (Lipinski definition) is 12. The zero-order valence-electron chi connectivity index (χ0n) is 83.0. The first-order valence-corrected chi connectivity index (χ1v) is 52.3. The van der Waals surface area contributed by atoms with E-state index in [1.807, 2.05) is 92.3 Å². The van der Waals surface area contributed by atoms with Gasteiger partial charge in [-0.2, -0.15) is 0 Å². The number of carbonyl (C=O) groups is 8. The van der Waals surface area contributed by atoms with Gasteiger partial charge < -0.3 is 82.6 Å². The molecule has 8 aliphatic rings. The number of carbonyl (C=O) groups excluding carboxylic acids is 8. The molecule has 8 amide bonds. The van der Waals surface area contributed by atoms with Gasteiger partial charge in [0.25, 0.3) is 47.3 Å². The number of fused-ring (bicyclic) bond motifs is 2. The molecule has 36 heteroatoms. The number of piperidine rings is 2. The summed E-state index contributed by atoms with van der Waals surface area (Å²) in [7, 11) is 0. The van der Waals surface area contributed by atoms with E-state index in [9.17, 15) is 58.8 Å². The van der Waals surface area contributed by atoms with Gasteiger partial charge in [0.2, 0.25) is 0 Å². The second-order valence-corrected chi connectivity index (χ2v) is 45.5. The number of aromatic nitrogens is 8. The minimum absolute atomic E-state index is 0.0866. The zero-order chi connectivity index (χ0) is 98.9. The van der Waals surface area contributed by atoms with Crippen LogP contribution < -0.4 is 42.5 Å². The Morgan fingerprint density at radius 1 is 0.365 bits per heavy atom. The van der Waals surface area contributed by atoms with Gasteiger partial charge in [-0.05, 0) is 293 Å². The highest BCUT2D eigenvalue weighted by atomic mass is 32.1. The Morgan fingerprint density at radius 2 is 0.635 bits per heavy atom. The number of hydrogen-bond acceptors (Lipinski definition) is 28. The molecule has 16 rings (SSSR count). The normalized spacial score (nSPS) is 19.3. The summed E-state index contributed by atoms with van der Waals surface area (Å²) in [6.45, 7) is 35.9. The Bertz CT molecular complexity index is 5610. The van der Waals surface area contributed by atoms with E-state index in [-0.39, 0.29) is 118 Å². The van der Waals surface area contributed by atoms with Crippen LogP contribution in [-0.4, -0.2) is 250 Å². The van der Waals surface area contributed by atoms with Crippen LogP contribution in [0.25, 0.3) is 41.8 Å². The van der Waals surface area contributed by atoms with E-state index < -0.39 is 40.1 Å². The number of amides is 8. The molecular weight excluding hydrogens is 1810 g/mol. The monoisotopic (exact) mass is 1950 g/mol. The molecule has 3 aliphatic carbocycles. The summed E-state index contributed by atoms with van der Waals surface area (Å²) in [4.78, 5) is 152. The van der Waals surface area contributed by atoms with E-state index in [0.29, 0.717) is 80.3 Å². The Morgan fingerprint density at radius 3 is 0.905 bits per heavy atom. The molecule has 5 saturated heterocycles. The largest absolute Gasteiger partial charge is 0.389 e. The van der Waals surface area contributed by atoms with Crippen molar-refractivity contribution in [3.05, 3.63) is 114 Å². The summed E-state index contributed by atoms with van der Waals surface area (Å²) in [5.41, 5.74) is 4.18. The maximum atomic E-state index is 13.7. The minimum atomic E-state index is -1.04. The van der Waals surface area contributed by atoms with Crippen LogP contribution >= 0.6 is 45.3 Å². The molecule has 8 aromatic rings. The number of pyridine rings is 4. The molecule has 2 bridgehead atoms. The predicted octanol–water partition coefficient (Wildman–Crippen LogP) is 16.2. The Kier molecular flexibility index (Phi) is 34.3. The third-order valence-corrected chi connectivity index (χ3v) is 30.8. The van der Waals surface area contributed by atoms with Gasteiger partial charge in [-0.15, -0.1) is 45.3 Å². The molecule has 8 fully saturated rings. The van der Waals surface area contributed by atoms with Crippen molar-refractivity contribution in [3.63, 3.8) is 0 Å². The fourth-order valence-corrected chi connectivity index (χ4v) is 22.8. The molecule has 3 saturated carbocycles. The van der Waals surface area contributed by atoms with Gasteiger partial charge in [-0.1, -0.05) is 25.7 Å². The molecule has 8 aromatic heterocycles. The lowest BCUT2D eigenvalue weighted by atomic mass is 10.0. The van der Waals surface area contributed by atoms with E-state index in [1.54, 1.807) is 80.2 Å². The number of nitrogens with one attached hydrogen (secondary N) is 8. The summed E-state index contributed by atoms with van der Waals surface area (Å²) >= 11 is 4.81. The van der Waals surface area contributed by atoms with Crippen molar-refractivity contribution in [2.24, 2.45) is 5.92 Å².